The zero-order chi connectivity index (χ0) is 12.8. The molecule has 0 aliphatic heterocycles. The maximum atomic E-state index is 10.3. The van der Waals surface area contributed by atoms with Crippen LogP contribution < -0.4 is 4.74 Å². The standard InChI is InChI=1S/C12H18N2O3/c1-13(2)9-11-8-10(6-7-14(15)16)4-5-12(11)17-3/h4-5,8H,6-7,9H2,1-3H3. The van der Waals surface area contributed by atoms with Crippen LogP contribution in [0.5, 0.6) is 5.75 Å². The maximum absolute atomic E-state index is 10.3. The largest absolute Gasteiger partial charge is 0.496 e. The fourth-order valence-corrected chi connectivity index (χ4v) is 1.67. The van der Waals surface area contributed by atoms with Crippen LogP contribution >= 0.6 is 0 Å². The van der Waals surface area contributed by atoms with Gasteiger partial charge < -0.3 is 9.64 Å². The number of hydrogen-bond donors (Lipinski definition) is 0. The zero-order valence-electron chi connectivity index (χ0n) is 10.5. The fraction of sp³-hybridized carbons (Fsp3) is 0.500. The van der Waals surface area contributed by atoms with E-state index in [1.807, 2.05) is 37.2 Å². The molecule has 0 N–H and O–H groups in total. The number of hydrogen-bond acceptors (Lipinski definition) is 4. The van der Waals surface area contributed by atoms with E-state index in [1.165, 1.54) is 0 Å². The molecular weight excluding hydrogens is 220 g/mol. The van der Waals surface area contributed by atoms with Crippen LogP contribution in [0.25, 0.3) is 0 Å². The predicted octanol–water partition coefficient (Wildman–Crippen LogP) is 1.58. The number of nitrogens with zero attached hydrogens (tertiary/aromatic N) is 2. The number of nitro groups is 1. The molecule has 0 fully saturated rings. The first-order valence-electron chi connectivity index (χ1n) is 5.45. The van der Waals surface area contributed by atoms with Gasteiger partial charge in [0.2, 0.25) is 6.54 Å². The van der Waals surface area contributed by atoms with Gasteiger partial charge in [-0.25, -0.2) is 0 Å². The van der Waals surface area contributed by atoms with E-state index >= 15 is 0 Å². The molecule has 0 heterocycles. The first-order valence-corrected chi connectivity index (χ1v) is 5.45. The summed E-state index contributed by atoms with van der Waals surface area (Å²) in [6.45, 7) is 0.725. The molecule has 0 atom stereocenters. The van der Waals surface area contributed by atoms with Gasteiger partial charge in [-0.1, -0.05) is 12.1 Å². The molecule has 0 bridgehead atoms. The van der Waals surface area contributed by atoms with Crippen LogP contribution in [-0.2, 0) is 13.0 Å². The molecule has 0 spiro atoms. The van der Waals surface area contributed by atoms with Gasteiger partial charge >= 0.3 is 0 Å². The summed E-state index contributed by atoms with van der Waals surface area (Å²) in [5.41, 5.74) is 2.03. The lowest BCUT2D eigenvalue weighted by Gasteiger charge is -2.14. The van der Waals surface area contributed by atoms with Gasteiger partial charge in [0.25, 0.3) is 0 Å². The van der Waals surface area contributed by atoms with Crippen LogP contribution in [0.15, 0.2) is 18.2 Å². The van der Waals surface area contributed by atoms with Gasteiger partial charge in [0, 0.05) is 23.5 Å². The SMILES string of the molecule is COc1ccc(CC[N+](=O)[O-])cc1CN(C)C. The Morgan fingerprint density at radius 1 is 1.41 bits per heavy atom. The lowest BCUT2D eigenvalue weighted by atomic mass is 10.1. The average Bonchev–Trinajstić information content (AvgIpc) is 2.25. The lowest BCUT2D eigenvalue weighted by Crippen LogP contribution is -2.12. The highest BCUT2D eigenvalue weighted by molar-refractivity contribution is 5.37. The Morgan fingerprint density at radius 3 is 2.65 bits per heavy atom. The van der Waals surface area contributed by atoms with E-state index in [2.05, 4.69) is 0 Å². The van der Waals surface area contributed by atoms with Crippen molar-refractivity contribution in [2.24, 2.45) is 0 Å². The van der Waals surface area contributed by atoms with Gasteiger partial charge in [0.1, 0.15) is 5.75 Å². The molecule has 1 aromatic carbocycles. The van der Waals surface area contributed by atoms with E-state index in [0.29, 0.717) is 6.42 Å². The summed E-state index contributed by atoms with van der Waals surface area (Å²) in [5.74, 6) is 0.823. The molecule has 0 saturated carbocycles. The predicted molar refractivity (Wildman–Crippen MR) is 66.0 cm³/mol. The monoisotopic (exact) mass is 238 g/mol. The van der Waals surface area contributed by atoms with E-state index < -0.39 is 0 Å². The number of methoxy groups -OCH3 is 1. The smallest absolute Gasteiger partial charge is 0.207 e. The Bertz CT molecular complexity index is 391. The second kappa shape index (κ2) is 6.20. The molecule has 0 aliphatic rings. The van der Waals surface area contributed by atoms with E-state index in [-0.39, 0.29) is 11.5 Å². The molecule has 0 radical (unpaired) electrons. The molecule has 5 heteroatoms. The summed E-state index contributed by atoms with van der Waals surface area (Å²) in [6.07, 6.45) is 0.456. The van der Waals surface area contributed by atoms with Crippen molar-refractivity contribution in [2.45, 2.75) is 13.0 Å². The van der Waals surface area contributed by atoms with E-state index in [0.717, 1.165) is 23.4 Å². The highest BCUT2D eigenvalue weighted by Gasteiger charge is 2.07. The van der Waals surface area contributed by atoms with Crippen molar-refractivity contribution >= 4 is 0 Å². The summed E-state index contributed by atoms with van der Waals surface area (Å²) in [7, 11) is 5.58. The Morgan fingerprint density at radius 2 is 2.12 bits per heavy atom. The normalized spacial score (nSPS) is 10.6. The molecule has 5 nitrogen and oxygen atoms in total. The van der Waals surface area contributed by atoms with E-state index in [4.69, 9.17) is 4.74 Å². The molecule has 1 rings (SSSR count). The highest BCUT2D eigenvalue weighted by Crippen LogP contribution is 2.21. The topological polar surface area (TPSA) is 55.6 Å². The molecule has 0 amide bonds. The van der Waals surface area contributed by atoms with Crippen LogP contribution in [0.4, 0.5) is 0 Å². The van der Waals surface area contributed by atoms with Crippen molar-refractivity contribution in [3.8, 4) is 5.75 Å². The van der Waals surface area contributed by atoms with Crippen LogP contribution in [0, 0.1) is 10.1 Å². The Balaban J connectivity index is 2.84. The highest BCUT2D eigenvalue weighted by atomic mass is 16.6. The third-order valence-corrected chi connectivity index (χ3v) is 2.41. The van der Waals surface area contributed by atoms with E-state index in [9.17, 15) is 10.1 Å². The second-order valence-corrected chi connectivity index (χ2v) is 4.19. The maximum Gasteiger partial charge on any atom is 0.207 e. The third-order valence-electron chi connectivity index (χ3n) is 2.41. The minimum atomic E-state index is -0.296. The summed E-state index contributed by atoms with van der Waals surface area (Å²) in [6, 6.07) is 5.72. The first kappa shape index (κ1) is 13.4. The molecule has 1 aromatic rings. The molecule has 0 aliphatic carbocycles. The van der Waals surface area contributed by atoms with Gasteiger partial charge in [0.05, 0.1) is 7.11 Å². The number of benzene rings is 1. The van der Waals surface area contributed by atoms with Crippen LogP contribution in [0.2, 0.25) is 0 Å². The number of rotatable bonds is 6. The van der Waals surface area contributed by atoms with Crippen molar-refractivity contribution in [1.82, 2.24) is 4.90 Å². The minimum Gasteiger partial charge on any atom is -0.496 e. The molecule has 0 unspecified atom stereocenters. The van der Waals surface area contributed by atoms with Gasteiger partial charge in [-0.3, -0.25) is 10.1 Å². The van der Waals surface area contributed by atoms with Gasteiger partial charge in [-0.15, -0.1) is 0 Å². The molecule has 0 aromatic heterocycles. The molecule has 17 heavy (non-hydrogen) atoms. The van der Waals surface area contributed by atoms with Crippen molar-refractivity contribution in [2.75, 3.05) is 27.7 Å². The van der Waals surface area contributed by atoms with Crippen LogP contribution in [-0.4, -0.2) is 37.6 Å². The van der Waals surface area contributed by atoms with Gasteiger partial charge in [-0.2, -0.15) is 0 Å². The van der Waals surface area contributed by atoms with Gasteiger partial charge in [0.15, 0.2) is 0 Å². The summed E-state index contributed by atoms with van der Waals surface area (Å²) in [5, 5.41) is 10.3. The van der Waals surface area contributed by atoms with Crippen LogP contribution in [0.3, 0.4) is 0 Å². The number of ether oxygens (including phenoxy) is 1. The van der Waals surface area contributed by atoms with Crippen molar-refractivity contribution < 1.29 is 9.66 Å². The second-order valence-electron chi connectivity index (χ2n) is 4.19. The van der Waals surface area contributed by atoms with Crippen molar-refractivity contribution in [3.63, 3.8) is 0 Å². The fourth-order valence-electron chi connectivity index (χ4n) is 1.67. The lowest BCUT2D eigenvalue weighted by molar-refractivity contribution is -0.479. The van der Waals surface area contributed by atoms with Crippen molar-refractivity contribution in [3.05, 3.63) is 39.4 Å². The quantitative estimate of drug-likeness (QED) is 0.557. The average molecular weight is 238 g/mol. The summed E-state index contributed by atoms with van der Waals surface area (Å²) >= 11 is 0. The Kier molecular flexibility index (Phi) is 4.90. The van der Waals surface area contributed by atoms with Gasteiger partial charge in [-0.05, 0) is 25.7 Å². The summed E-state index contributed by atoms with van der Waals surface area (Å²) < 4.78 is 5.27. The first-order chi connectivity index (χ1) is 8.02. The molecule has 94 valence electrons. The molecule has 0 saturated heterocycles. The van der Waals surface area contributed by atoms with E-state index in [1.54, 1.807) is 7.11 Å². The Labute approximate surface area is 101 Å². The minimum absolute atomic E-state index is 0.0340. The molecular formula is C12H18N2O3. The Hall–Kier alpha value is -1.62. The summed E-state index contributed by atoms with van der Waals surface area (Å²) in [4.78, 5) is 12.1. The van der Waals surface area contributed by atoms with Crippen LogP contribution in [0.1, 0.15) is 11.1 Å². The zero-order valence-corrected chi connectivity index (χ0v) is 10.5. The third kappa shape index (κ3) is 4.40. The van der Waals surface area contributed by atoms with Crippen molar-refractivity contribution in [1.29, 1.82) is 0 Å².